The van der Waals surface area contributed by atoms with Crippen molar-refractivity contribution in [2.24, 2.45) is 10.9 Å². The molecule has 0 aliphatic carbocycles. The monoisotopic (exact) mass is 429 g/mol. The van der Waals surface area contributed by atoms with Gasteiger partial charge in [0, 0.05) is 39.3 Å². The molecule has 2 N–H and O–H groups in total. The van der Waals surface area contributed by atoms with Crippen LogP contribution in [0.2, 0.25) is 0 Å². The summed E-state index contributed by atoms with van der Waals surface area (Å²) in [6.45, 7) is 5.00. The Balaban J connectivity index is 1.29. The molecule has 1 saturated heterocycles. The minimum atomic E-state index is -0.253. The highest BCUT2D eigenvalue weighted by Gasteiger charge is 2.15. The zero-order chi connectivity index (χ0) is 21.7. The van der Waals surface area contributed by atoms with Crippen molar-refractivity contribution in [3.8, 4) is 5.75 Å². The standard InChI is InChI=1S/C24H32FN3O3/c1-26-24(27-11-3-12-29-16-21-10-13-30-17-21)28-15-19-6-8-23(9-7-19)31-18-20-4-2-5-22(25)14-20/h2,4-9,14,21H,3,10-13,15-18H2,1H3,(H2,26,27,28). The number of rotatable bonds is 11. The van der Waals surface area contributed by atoms with Gasteiger partial charge in [-0.15, -0.1) is 0 Å². The van der Waals surface area contributed by atoms with Crippen LogP contribution in [0.15, 0.2) is 53.5 Å². The Morgan fingerprint density at radius 1 is 1.16 bits per heavy atom. The highest BCUT2D eigenvalue weighted by atomic mass is 19.1. The number of ether oxygens (including phenoxy) is 3. The second kappa shape index (κ2) is 12.9. The maximum absolute atomic E-state index is 13.2. The van der Waals surface area contributed by atoms with Crippen molar-refractivity contribution in [2.75, 3.05) is 40.0 Å². The summed E-state index contributed by atoms with van der Waals surface area (Å²) >= 11 is 0. The number of aliphatic imine (C=N–C) groups is 1. The molecule has 1 aliphatic heterocycles. The lowest BCUT2D eigenvalue weighted by molar-refractivity contribution is 0.0888. The van der Waals surface area contributed by atoms with Gasteiger partial charge >= 0.3 is 0 Å². The molecule has 1 unspecified atom stereocenters. The number of guanidine groups is 1. The Labute approximate surface area is 183 Å². The molecule has 0 bridgehead atoms. The average Bonchev–Trinajstić information content (AvgIpc) is 3.31. The van der Waals surface area contributed by atoms with E-state index in [2.05, 4.69) is 15.6 Å². The summed E-state index contributed by atoms with van der Waals surface area (Å²) in [5, 5.41) is 6.61. The average molecular weight is 430 g/mol. The summed E-state index contributed by atoms with van der Waals surface area (Å²) in [6.07, 6.45) is 2.03. The van der Waals surface area contributed by atoms with Crippen molar-refractivity contribution in [3.63, 3.8) is 0 Å². The largest absolute Gasteiger partial charge is 0.489 e. The molecule has 1 aliphatic rings. The van der Waals surface area contributed by atoms with Crippen LogP contribution in [0.25, 0.3) is 0 Å². The van der Waals surface area contributed by atoms with Gasteiger partial charge < -0.3 is 24.8 Å². The molecule has 168 valence electrons. The smallest absolute Gasteiger partial charge is 0.191 e. The third-order valence-corrected chi connectivity index (χ3v) is 5.04. The molecule has 1 atom stereocenters. The normalized spacial score (nSPS) is 16.3. The molecular weight excluding hydrogens is 397 g/mol. The fourth-order valence-electron chi connectivity index (χ4n) is 3.25. The van der Waals surface area contributed by atoms with E-state index >= 15 is 0 Å². The topological polar surface area (TPSA) is 64.1 Å². The van der Waals surface area contributed by atoms with Crippen LogP contribution in [0.1, 0.15) is 24.0 Å². The van der Waals surface area contributed by atoms with Gasteiger partial charge in [0.1, 0.15) is 18.2 Å². The third kappa shape index (κ3) is 8.55. The molecule has 0 spiro atoms. The molecule has 2 aromatic carbocycles. The van der Waals surface area contributed by atoms with Gasteiger partial charge in [0.25, 0.3) is 0 Å². The summed E-state index contributed by atoms with van der Waals surface area (Å²) < 4.78 is 30.0. The molecule has 0 saturated carbocycles. The second-order valence-electron chi connectivity index (χ2n) is 7.57. The van der Waals surface area contributed by atoms with E-state index in [1.54, 1.807) is 13.1 Å². The molecule has 2 aromatic rings. The van der Waals surface area contributed by atoms with Gasteiger partial charge in [-0.3, -0.25) is 4.99 Å². The first-order chi connectivity index (χ1) is 15.2. The lowest BCUT2D eigenvalue weighted by atomic mass is 10.1. The summed E-state index contributed by atoms with van der Waals surface area (Å²) in [7, 11) is 1.76. The zero-order valence-corrected chi connectivity index (χ0v) is 18.1. The van der Waals surface area contributed by atoms with Gasteiger partial charge in [0.15, 0.2) is 5.96 Å². The van der Waals surface area contributed by atoms with Crippen molar-refractivity contribution in [1.82, 2.24) is 10.6 Å². The molecule has 0 aromatic heterocycles. The van der Waals surface area contributed by atoms with Crippen LogP contribution in [0.5, 0.6) is 5.75 Å². The first-order valence-corrected chi connectivity index (χ1v) is 10.8. The highest BCUT2D eigenvalue weighted by Crippen LogP contribution is 2.15. The zero-order valence-electron chi connectivity index (χ0n) is 18.1. The van der Waals surface area contributed by atoms with E-state index in [4.69, 9.17) is 14.2 Å². The summed E-state index contributed by atoms with van der Waals surface area (Å²) in [5.74, 6) is 1.81. The number of benzene rings is 2. The van der Waals surface area contributed by atoms with E-state index in [-0.39, 0.29) is 5.82 Å². The van der Waals surface area contributed by atoms with Crippen LogP contribution in [-0.2, 0) is 22.6 Å². The number of hydrogen-bond acceptors (Lipinski definition) is 4. The van der Waals surface area contributed by atoms with Gasteiger partial charge in [-0.05, 0) is 48.2 Å². The van der Waals surface area contributed by atoms with Crippen LogP contribution in [-0.4, -0.2) is 46.0 Å². The van der Waals surface area contributed by atoms with Crippen molar-refractivity contribution in [2.45, 2.75) is 26.0 Å². The number of halogens is 1. The SMILES string of the molecule is CN=C(NCCCOCC1CCOC1)NCc1ccc(OCc2cccc(F)c2)cc1. The molecule has 6 nitrogen and oxygen atoms in total. The van der Waals surface area contributed by atoms with Gasteiger partial charge in [-0.1, -0.05) is 24.3 Å². The van der Waals surface area contributed by atoms with Crippen LogP contribution < -0.4 is 15.4 Å². The van der Waals surface area contributed by atoms with E-state index in [9.17, 15) is 4.39 Å². The van der Waals surface area contributed by atoms with Crippen LogP contribution in [0.3, 0.4) is 0 Å². The molecule has 1 heterocycles. The van der Waals surface area contributed by atoms with Crippen molar-refractivity contribution in [3.05, 3.63) is 65.5 Å². The Hall–Kier alpha value is -2.64. The summed E-state index contributed by atoms with van der Waals surface area (Å²) in [5.41, 5.74) is 1.92. The molecule has 1 fully saturated rings. The highest BCUT2D eigenvalue weighted by molar-refractivity contribution is 5.79. The lowest BCUT2D eigenvalue weighted by Crippen LogP contribution is -2.37. The van der Waals surface area contributed by atoms with Crippen LogP contribution >= 0.6 is 0 Å². The van der Waals surface area contributed by atoms with Crippen molar-refractivity contribution < 1.29 is 18.6 Å². The fourth-order valence-corrected chi connectivity index (χ4v) is 3.25. The predicted molar refractivity (Wildman–Crippen MR) is 120 cm³/mol. The molecule has 0 amide bonds. The Kier molecular flexibility index (Phi) is 9.60. The maximum atomic E-state index is 13.2. The predicted octanol–water partition coefficient (Wildman–Crippen LogP) is 3.51. The number of hydrogen-bond donors (Lipinski definition) is 2. The van der Waals surface area contributed by atoms with Crippen LogP contribution in [0.4, 0.5) is 4.39 Å². The lowest BCUT2D eigenvalue weighted by Gasteiger charge is -2.13. The molecule has 31 heavy (non-hydrogen) atoms. The fraction of sp³-hybridized carbons (Fsp3) is 0.458. The van der Waals surface area contributed by atoms with Gasteiger partial charge in [0.2, 0.25) is 0 Å². The van der Waals surface area contributed by atoms with Gasteiger partial charge in [-0.25, -0.2) is 4.39 Å². The first kappa shape index (κ1) is 23.0. The minimum Gasteiger partial charge on any atom is -0.489 e. The van der Waals surface area contributed by atoms with Gasteiger partial charge in [-0.2, -0.15) is 0 Å². The molecule has 0 radical (unpaired) electrons. The number of nitrogens with zero attached hydrogens (tertiary/aromatic N) is 1. The molecule has 7 heteroatoms. The Morgan fingerprint density at radius 2 is 2.03 bits per heavy atom. The maximum Gasteiger partial charge on any atom is 0.191 e. The van der Waals surface area contributed by atoms with Crippen molar-refractivity contribution in [1.29, 1.82) is 0 Å². The van der Waals surface area contributed by atoms with E-state index in [1.165, 1.54) is 12.1 Å². The van der Waals surface area contributed by atoms with Crippen LogP contribution in [0, 0.1) is 11.7 Å². The Morgan fingerprint density at radius 3 is 2.77 bits per heavy atom. The van der Waals surface area contributed by atoms with E-state index in [0.717, 1.165) is 68.6 Å². The second-order valence-corrected chi connectivity index (χ2v) is 7.57. The minimum absolute atomic E-state index is 0.253. The third-order valence-electron chi connectivity index (χ3n) is 5.04. The number of nitrogens with one attached hydrogen (secondary N) is 2. The van der Waals surface area contributed by atoms with Gasteiger partial charge in [0.05, 0.1) is 13.2 Å². The first-order valence-electron chi connectivity index (χ1n) is 10.8. The summed E-state index contributed by atoms with van der Waals surface area (Å²) in [4.78, 5) is 4.25. The van der Waals surface area contributed by atoms with Crippen molar-refractivity contribution >= 4 is 5.96 Å². The summed E-state index contributed by atoms with van der Waals surface area (Å²) in [6, 6.07) is 14.3. The van der Waals surface area contributed by atoms with E-state index in [0.29, 0.717) is 19.1 Å². The van der Waals surface area contributed by atoms with E-state index in [1.807, 2.05) is 30.3 Å². The van der Waals surface area contributed by atoms with E-state index < -0.39 is 0 Å². The Bertz CT molecular complexity index is 808. The quantitative estimate of drug-likeness (QED) is 0.325. The molecular formula is C24H32FN3O3. The molecule has 3 rings (SSSR count).